The van der Waals surface area contributed by atoms with Crippen molar-refractivity contribution in [2.45, 2.75) is 130 Å². The Morgan fingerprint density at radius 2 is 1.63 bits per heavy atom. The first kappa shape index (κ1) is 23.1. The molecule has 10 atom stereocenters. The Hall–Kier alpha value is -0.0800. The molecule has 0 amide bonds. The molecule has 4 aliphatic carbocycles. The highest BCUT2D eigenvalue weighted by molar-refractivity contribution is 5.10. The van der Waals surface area contributed by atoms with E-state index in [-0.39, 0.29) is 0 Å². The number of rotatable bonds is 5. The van der Waals surface area contributed by atoms with Gasteiger partial charge in [-0.25, -0.2) is 0 Å². The molecule has 0 heterocycles. The molecule has 0 aromatic heterocycles. The largest absolute Gasteiger partial charge is 0.390 e. The maximum absolute atomic E-state index is 10.7. The van der Waals surface area contributed by atoms with Crippen LogP contribution in [0, 0.1) is 46.3 Å². The number of fused-ring (bicyclic) bond motifs is 5. The summed E-state index contributed by atoms with van der Waals surface area (Å²) in [5.41, 5.74) is 0.0752. The Kier molecular flexibility index (Phi) is 5.97. The first-order valence-corrected chi connectivity index (χ1v) is 13.4. The van der Waals surface area contributed by atoms with Crippen molar-refractivity contribution in [3.05, 3.63) is 0 Å². The molecule has 2 nitrogen and oxygen atoms in total. The molecule has 4 rings (SSSR count). The van der Waals surface area contributed by atoms with Gasteiger partial charge in [-0.1, -0.05) is 27.7 Å². The minimum atomic E-state index is -0.486. The fourth-order valence-electron chi connectivity index (χ4n) is 9.32. The minimum Gasteiger partial charge on any atom is -0.390 e. The van der Waals surface area contributed by atoms with E-state index in [0.29, 0.717) is 10.8 Å². The van der Waals surface area contributed by atoms with Gasteiger partial charge in [0.1, 0.15) is 0 Å². The fraction of sp³-hybridized carbons (Fsp3) is 1.00. The van der Waals surface area contributed by atoms with E-state index < -0.39 is 11.2 Å². The van der Waals surface area contributed by atoms with Gasteiger partial charge < -0.3 is 10.2 Å². The maximum atomic E-state index is 10.7. The number of aliphatic hydroxyl groups is 2. The van der Waals surface area contributed by atoms with Crippen LogP contribution in [-0.4, -0.2) is 21.4 Å². The molecule has 2 N–H and O–H groups in total. The average molecular weight is 419 g/mol. The first-order valence-electron chi connectivity index (χ1n) is 13.4. The Morgan fingerprint density at radius 3 is 2.33 bits per heavy atom. The summed E-state index contributed by atoms with van der Waals surface area (Å²) in [7, 11) is 0. The molecule has 0 saturated heterocycles. The van der Waals surface area contributed by atoms with E-state index in [0.717, 1.165) is 61.2 Å². The van der Waals surface area contributed by atoms with E-state index in [9.17, 15) is 10.2 Å². The van der Waals surface area contributed by atoms with Gasteiger partial charge in [-0.05, 0) is 137 Å². The standard InChI is InChI=1S/C28H50O2/c1-7-25(3,29)14-12-19(2)22-10-11-23-21-9-8-20-18-26(4,30)16-17-27(20,5)24(21)13-15-28(22,23)6/h19-24,29-30H,7-18H2,1-6H3/t19-,20+,21+,22-,23+,24+,25?,26+,27+,28-/m1/s1. The third kappa shape index (κ3) is 3.81. The summed E-state index contributed by atoms with van der Waals surface area (Å²) < 4.78 is 0. The van der Waals surface area contributed by atoms with Crippen LogP contribution in [0.25, 0.3) is 0 Å². The molecule has 0 spiro atoms. The number of hydrogen-bond acceptors (Lipinski definition) is 2. The van der Waals surface area contributed by atoms with E-state index in [2.05, 4.69) is 34.6 Å². The minimum absolute atomic E-state index is 0.423. The SMILES string of the molecule is CCC(C)(O)CC[C@@H](C)[C@H]1CC[C@H]2[C@@H]3CC[C@H]4C[C@@](C)(O)CC[C@]4(C)[C@H]3CC[C@]12C. The second-order valence-electron chi connectivity index (χ2n) is 13.5. The van der Waals surface area contributed by atoms with Gasteiger partial charge in [-0.15, -0.1) is 0 Å². The van der Waals surface area contributed by atoms with Crippen molar-refractivity contribution in [3.8, 4) is 0 Å². The van der Waals surface area contributed by atoms with Gasteiger partial charge in [0.2, 0.25) is 0 Å². The predicted octanol–water partition coefficient (Wildman–Crippen LogP) is 6.97. The highest BCUT2D eigenvalue weighted by atomic mass is 16.3. The van der Waals surface area contributed by atoms with Crippen LogP contribution in [0.4, 0.5) is 0 Å². The summed E-state index contributed by atoms with van der Waals surface area (Å²) in [6.45, 7) is 14.0. The van der Waals surface area contributed by atoms with Crippen LogP contribution in [-0.2, 0) is 0 Å². The average Bonchev–Trinajstić information content (AvgIpc) is 3.04. The molecule has 4 aliphatic rings. The van der Waals surface area contributed by atoms with E-state index >= 15 is 0 Å². The second kappa shape index (κ2) is 7.75. The first-order chi connectivity index (χ1) is 13.9. The lowest BCUT2D eigenvalue weighted by Crippen LogP contribution is -2.55. The van der Waals surface area contributed by atoms with E-state index in [1.807, 2.05) is 6.92 Å². The third-order valence-corrected chi connectivity index (χ3v) is 11.6. The molecule has 4 fully saturated rings. The van der Waals surface area contributed by atoms with Crippen molar-refractivity contribution in [3.63, 3.8) is 0 Å². The van der Waals surface area contributed by atoms with Crippen LogP contribution >= 0.6 is 0 Å². The molecular weight excluding hydrogens is 368 g/mol. The smallest absolute Gasteiger partial charge is 0.0622 e. The van der Waals surface area contributed by atoms with Gasteiger partial charge >= 0.3 is 0 Å². The van der Waals surface area contributed by atoms with Crippen molar-refractivity contribution in [2.24, 2.45) is 46.3 Å². The highest BCUT2D eigenvalue weighted by Crippen LogP contribution is 2.68. The number of hydrogen-bond donors (Lipinski definition) is 2. The molecule has 174 valence electrons. The summed E-state index contributed by atoms with van der Waals surface area (Å²) in [5, 5.41) is 21.2. The van der Waals surface area contributed by atoms with Crippen molar-refractivity contribution in [2.75, 3.05) is 0 Å². The zero-order chi connectivity index (χ0) is 21.9. The Bertz CT molecular complexity index is 624. The van der Waals surface area contributed by atoms with Crippen LogP contribution in [0.15, 0.2) is 0 Å². The lowest BCUT2D eigenvalue weighted by molar-refractivity contribution is -0.148. The summed E-state index contributed by atoms with van der Waals surface area (Å²) in [6, 6.07) is 0. The molecule has 0 radical (unpaired) electrons. The van der Waals surface area contributed by atoms with Crippen LogP contribution in [0.2, 0.25) is 0 Å². The van der Waals surface area contributed by atoms with Gasteiger partial charge in [0, 0.05) is 0 Å². The predicted molar refractivity (Wildman–Crippen MR) is 125 cm³/mol. The zero-order valence-electron chi connectivity index (χ0n) is 20.8. The zero-order valence-corrected chi connectivity index (χ0v) is 20.8. The third-order valence-electron chi connectivity index (χ3n) is 11.6. The Morgan fingerprint density at radius 1 is 0.933 bits per heavy atom. The van der Waals surface area contributed by atoms with Crippen molar-refractivity contribution in [1.29, 1.82) is 0 Å². The van der Waals surface area contributed by atoms with Crippen LogP contribution in [0.3, 0.4) is 0 Å². The Balaban J connectivity index is 1.48. The normalized spacial score (nSPS) is 51.4. The summed E-state index contributed by atoms with van der Waals surface area (Å²) >= 11 is 0. The lowest BCUT2D eigenvalue weighted by Gasteiger charge is -2.62. The molecule has 30 heavy (non-hydrogen) atoms. The molecule has 0 aromatic rings. The van der Waals surface area contributed by atoms with Crippen LogP contribution in [0.5, 0.6) is 0 Å². The van der Waals surface area contributed by atoms with Gasteiger partial charge in [0.25, 0.3) is 0 Å². The van der Waals surface area contributed by atoms with Gasteiger partial charge in [0.05, 0.1) is 11.2 Å². The molecule has 0 aliphatic heterocycles. The van der Waals surface area contributed by atoms with Gasteiger partial charge in [-0.3, -0.25) is 0 Å². The molecular formula is C28H50O2. The fourth-order valence-corrected chi connectivity index (χ4v) is 9.32. The second-order valence-corrected chi connectivity index (χ2v) is 13.5. The van der Waals surface area contributed by atoms with Gasteiger partial charge in [-0.2, -0.15) is 0 Å². The summed E-state index contributed by atoms with van der Waals surface area (Å²) in [5.74, 6) is 5.03. The molecule has 4 saturated carbocycles. The van der Waals surface area contributed by atoms with E-state index in [1.54, 1.807) is 0 Å². The van der Waals surface area contributed by atoms with Crippen molar-refractivity contribution >= 4 is 0 Å². The van der Waals surface area contributed by atoms with Gasteiger partial charge in [0.15, 0.2) is 0 Å². The maximum Gasteiger partial charge on any atom is 0.0622 e. The van der Waals surface area contributed by atoms with Crippen LogP contribution in [0.1, 0.15) is 119 Å². The van der Waals surface area contributed by atoms with E-state index in [1.165, 1.54) is 51.4 Å². The van der Waals surface area contributed by atoms with Crippen LogP contribution < -0.4 is 0 Å². The molecule has 0 bridgehead atoms. The molecule has 1 unspecified atom stereocenters. The molecule has 2 heteroatoms. The highest BCUT2D eigenvalue weighted by Gasteiger charge is 2.61. The van der Waals surface area contributed by atoms with Crippen molar-refractivity contribution < 1.29 is 10.2 Å². The topological polar surface area (TPSA) is 40.5 Å². The summed E-state index contributed by atoms with van der Waals surface area (Å²) in [4.78, 5) is 0. The van der Waals surface area contributed by atoms with E-state index in [4.69, 9.17) is 0 Å². The monoisotopic (exact) mass is 418 g/mol. The summed E-state index contributed by atoms with van der Waals surface area (Å²) in [6.07, 6.45) is 14.7. The lowest BCUT2D eigenvalue weighted by atomic mass is 9.43. The Labute approximate surface area is 186 Å². The molecule has 0 aromatic carbocycles. The quantitative estimate of drug-likeness (QED) is 0.506. The van der Waals surface area contributed by atoms with Crippen molar-refractivity contribution in [1.82, 2.24) is 0 Å².